The van der Waals surface area contributed by atoms with Crippen molar-refractivity contribution in [3.63, 3.8) is 0 Å². The summed E-state index contributed by atoms with van der Waals surface area (Å²) in [4.78, 5) is 35.0. The molecule has 0 fully saturated rings. The van der Waals surface area contributed by atoms with Gasteiger partial charge in [0, 0.05) is 31.0 Å². The first-order chi connectivity index (χ1) is 12.2. The molecule has 0 aliphatic heterocycles. The highest BCUT2D eigenvalue weighted by Gasteiger charge is 2.17. The zero-order valence-electron chi connectivity index (χ0n) is 14.7. The maximum atomic E-state index is 12.6. The third-order valence-corrected chi connectivity index (χ3v) is 3.67. The Labute approximate surface area is 148 Å². The summed E-state index contributed by atoms with van der Waals surface area (Å²) in [5, 5.41) is 2.81. The Morgan fingerprint density at radius 3 is 2.44 bits per heavy atom. The Hall–Kier alpha value is -2.76. The maximum absolute atomic E-state index is 12.6. The van der Waals surface area contributed by atoms with Crippen molar-refractivity contribution in [2.24, 2.45) is 0 Å². The lowest BCUT2D eigenvalue weighted by Gasteiger charge is -2.21. The molecular weight excluding hydrogens is 316 g/mol. The lowest BCUT2D eigenvalue weighted by molar-refractivity contribution is 0.0749. The molecule has 6 heteroatoms. The summed E-state index contributed by atoms with van der Waals surface area (Å²) < 4.78 is 0. The number of rotatable bonds is 8. The Balaban J connectivity index is 2.06. The van der Waals surface area contributed by atoms with Gasteiger partial charge in [-0.15, -0.1) is 0 Å². The van der Waals surface area contributed by atoms with Gasteiger partial charge in [0.25, 0.3) is 11.8 Å². The van der Waals surface area contributed by atoms with Gasteiger partial charge in [-0.2, -0.15) is 0 Å². The second-order valence-electron chi connectivity index (χ2n) is 5.73. The molecule has 0 atom stereocenters. The largest absolute Gasteiger partial charge is 0.346 e. The lowest BCUT2D eigenvalue weighted by Crippen LogP contribution is -2.33. The van der Waals surface area contributed by atoms with Crippen LogP contribution in [-0.4, -0.2) is 39.8 Å². The van der Waals surface area contributed by atoms with E-state index in [1.165, 1.54) is 6.20 Å². The van der Waals surface area contributed by atoms with Crippen molar-refractivity contribution in [2.45, 2.75) is 33.2 Å². The Kier molecular flexibility index (Phi) is 7.07. The summed E-state index contributed by atoms with van der Waals surface area (Å²) in [5.41, 5.74) is 1.49. The highest BCUT2D eigenvalue weighted by atomic mass is 16.2. The summed E-state index contributed by atoms with van der Waals surface area (Å²) in [6, 6.07) is 8.69. The first-order valence-electron chi connectivity index (χ1n) is 8.59. The molecule has 2 aromatic rings. The lowest BCUT2D eigenvalue weighted by atomic mass is 10.2. The van der Waals surface area contributed by atoms with Gasteiger partial charge in [0.1, 0.15) is 5.69 Å². The molecule has 2 aromatic heterocycles. The summed E-state index contributed by atoms with van der Waals surface area (Å²) in [6.45, 7) is 5.77. The highest BCUT2D eigenvalue weighted by molar-refractivity contribution is 5.98. The van der Waals surface area contributed by atoms with E-state index in [1.807, 2.05) is 32.0 Å². The monoisotopic (exact) mass is 340 g/mol. The average Bonchev–Trinajstić information content (AvgIpc) is 2.66. The van der Waals surface area contributed by atoms with E-state index in [1.54, 1.807) is 23.2 Å². The molecule has 1 N–H and O–H groups in total. The quantitative estimate of drug-likeness (QED) is 0.802. The predicted molar refractivity (Wildman–Crippen MR) is 96.1 cm³/mol. The Bertz CT molecular complexity index is 698. The number of hydrogen-bond donors (Lipinski definition) is 1. The minimum Gasteiger partial charge on any atom is -0.346 e. The van der Waals surface area contributed by atoms with E-state index in [0.29, 0.717) is 30.9 Å². The van der Waals surface area contributed by atoms with Crippen LogP contribution in [0.25, 0.3) is 0 Å². The smallest absolute Gasteiger partial charge is 0.272 e. The minimum atomic E-state index is -0.250. The van der Waals surface area contributed by atoms with E-state index in [0.717, 1.165) is 18.5 Å². The third-order valence-electron chi connectivity index (χ3n) is 3.67. The molecule has 25 heavy (non-hydrogen) atoms. The van der Waals surface area contributed by atoms with Crippen LogP contribution >= 0.6 is 0 Å². The second kappa shape index (κ2) is 9.52. The van der Waals surface area contributed by atoms with Gasteiger partial charge in [-0.05, 0) is 37.1 Å². The minimum absolute atomic E-state index is 0.136. The molecule has 0 saturated carbocycles. The van der Waals surface area contributed by atoms with Crippen LogP contribution in [0, 0.1) is 0 Å². The number of carbonyl (C=O) groups is 2. The molecule has 0 bridgehead atoms. The first-order valence-corrected chi connectivity index (χ1v) is 8.59. The number of nitrogens with one attached hydrogen (secondary N) is 1. The fourth-order valence-corrected chi connectivity index (χ4v) is 2.48. The van der Waals surface area contributed by atoms with Gasteiger partial charge in [-0.25, -0.2) is 0 Å². The van der Waals surface area contributed by atoms with Crippen molar-refractivity contribution >= 4 is 11.8 Å². The number of amides is 2. The van der Waals surface area contributed by atoms with Crippen molar-refractivity contribution in [1.29, 1.82) is 0 Å². The second-order valence-corrected chi connectivity index (χ2v) is 5.73. The summed E-state index contributed by atoms with van der Waals surface area (Å²) >= 11 is 0. The van der Waals surface area contributed by atoms with E-state index in [-0.39, 0.29) is 11.8 Å². The van der Waals surface area contributed by atoms with Crippen LogP contribution < -0.4 is 5.32 Å². The molecular formula is C19H24N4O2. The van der Waals surface area contributed by atoms with Crippen LogP contribution in [0.15, 0.2) is 42.7 Å². The topological polar surface area (TPSA) is 75.2 Å². The predicted octanol–water partition coefficient (Wildman–Crippen LogP) is 2.67. The molecule has 0 aliphatic rings. The van der Waals surface area contributed by atoms with Gasteiger partial charge in [-0.1, -0.05) is 19.9 Å². The number of hydrogen-bond acceptors (Lipinski definition) is 4. The molecule has 2 rings (SSSR count). The first kappa shape index (κ1) is 18.6. The summed E-state index contributed by atoms with van der Waals surface area (Å²) in [7, 11) is 0. The fourth-order valence-electron chi connectivity index (χ4n) is 2.48. The molecule has 0 aromatic carbocycles. The normalized spacial score (nSPS) is 10.3. The standard InChI is InChI=1S/C19H24N4O2/c1-3-11-23(12-4-2)19(25)17-13-15(8-10-21-17)18(24)22-14-16-7-5-6-9-20-16/h5-10,13H,3-4,11-12,14H2,1-2H3,(H,22,24). The van der Waals surface area contributed by atoms with E-state index >= 15 is 0 Å². The summed E-state index contributed by atoms with van der Waals surface area (Å²) in [6.07, 6.45) is 4.95. The van der Waals surface area contributed by atoms with Crippen LogP contribution in [0.1, 0.15) is 53.2 Å². The Morgan fingerprint density at radius 2 is 1.80 bits per heavy atom. The van der Waals surface area contributed by atoms with Crippen LogP contribution in [0.5, 0.6) is 0 Å². The highest BCUT2D eigenvalue weighted by Crippen LogP contribution is 2.08. The molecule has 2 heterocycles. The van der Waals surface area contributed by atoms with E-state index in [4.69, 9.17) is 0 Å². The average molecular weight is 340 g/mol. The van der Waals surface area contributed by atoms with Crippen molar-refractivity contribution < 1.29 is 9.59 Å². The molecule has 0 aliphatic carbocycles. The van der Waals surface area contributed by atoms with E-state index in [2.05, 4.69) is 15.3 Å². The number of aromatic nitrogens is 2. The van der Waals surface area contributed by atoms with Crippen LogP contribution in [-0.2, 0) is 6.54 Å². The molecule has 2 amide bonds. The number of carbonyl (C=O) groups excluding carboxylic acids is 2. The fraction of sp³-hybridized carbons (Fsp3) is 0.368. The molecule has 0 saturated heterocycles. The number of pyridine rings is 2. The summed E-state index contributed by atoms with van der Waals surface area (Å²) in [5.74, 6) is -0.386. The van der Waals surface area contributed by atoms with Gasteiger partial charge in [0.2, 0.25) is 0 Å². The van der Waals surface area contributed by atoms with Gasteiger partial charge in [0.15, 0.2) is 0 Å². The molecule has 0 unspecified atom stereocenters. The van der Waals surface area contributed by atoms with Crippen LogP contribution in [0.4, 0.5) is 0 Å². The van der Waals surface area contributed by atoms with Crippen LogP contribution in [0.2, 0.25) is 0 Å². The molecule has 0 spiro atoms. The number of nitrogens with zero attached hydrogens (tertiary/aromatic N) is 3. The van der Waals surface area contributed by atoms with Gasteiger partial charge >= 0.3 is 0 Å². The Morgan fingerprint density at radius 1 is 1.04 bits per heavy atom. The van der Waals surface area contributed by atoms with E-state index < -0.39 is 0 Å². The van der Waals surface area contributed by atoms with Gasteiger partial charge in [-0.3, -0.25) is 19.6 Å². The van der Waals surface area contributed by atoms with Crippen molar-refractivity contribution in [2.75, 3.05) is 13.1 Å². The zero-order chi connectivity index (χ0) is 18.1. The van der Waals surface area contributed by atoms with Crippen molar-refractivity contribution in [1.82, 2.24) is 20.2 Å². The van der Waals surface area contributed by atoms with Gasteiger partial charge < -0.3 is 10.2 Å². The molecule has 0 radical (unpaired) electrons. The maximum Gasteiger partial charge on any atom is 0.272 e. The third kappa shape index (κ3) is 5.38. The SMILES string of the molecule is CCCN(CCC)C(=O)c1cc(C(=O)NCc2ccccn2)ccn1. The van der Waals surface area contributed by atoms with Crippen molar-refractivity contribution in [3.8, 4) is 0 Å². The van der Waals surface area contributed by atoms with E-state index in [9.17, 15) is 9.59 Å². The molecule has 6 nitrogen and oxygen atoms in total. The van der Waals surface area contributed by atoms with Gasteiger partial charge in [0.05, 0.1) is 12.2 Å². The molecule has 132 valence electrons. The van der Waals surface area contributed by atoms with Crippen molar-refractivity contribution in [3.05, 3.63) is 59.7 Å². The zero-order valence-corrected chi connectivity index (χ0v) is 14.7. The van der Waals surface area contributed by atoms with Crippen LogP contribution in [0.3, 0.4) is 0 Å².